The molecule has 0 amide bonds. The molecule has 0 atom stereocenters. The van der Waals surface area contributed by atoms with Gasteiger partial charge in [-0.25, -0.2) is 13.1 Å². The van der Waals surface area contributed by atoms with E-state index < -0.39 is 15.1 Å². The van der Waals surface area contributed by atoms with Gasteiger partial charge < -0.3 is 0 Å². The zero-order valence-electron chi connectivity index (χ0n) is 15.5. The molecule has 7 heteroatoms. The monoisotopic (exact) mass is 382 g/mol. The molecule has 0 unspecified atom stereocenters. The topological polar surface area (TPSA) is 76.3 Å². The van der Waals surface area contributed by atoms with Crippen LogP contribution in [0, 0.1) is 0 Å². The highest BCUT2D eigenvalue weighted by Crippen LogP contribution is 2.26. The lowest BCUT2D eigenvalue weighted by Gasteiger charge is -2.14. The Bertz CT molecular complexity index is 1050. The van der Waals surface area contributed by atoms with Crippen LogP contribution in [-0.4, -0.2) is 29.2 Å². The summed E-state index contributed by atoms with van der Waals surface area (Å²) >= 11 is 0. The smallest absolute Gasteiger partial charge is 0.182 e. The predicted octanol–water partition coefficient (Wildman–Crippen LogP) is 3.89. The minimum atomic E-state index is -3.45. The molecule has 1 aromatic heterocycles. The lowest BCUT2D eigenvalue weighted by Crippen LogP contribution is -2.17. The van der Waals surface area contributed by atoms with Crippen LogP contribution in [0.1, 0.15) is 26.3 Å². The minimum Gasteiger partial charge on any atom is -0.261 e. The van der Waals surface area contributed by atoms with Crippen LogP contribution < -0.4 is 5.43 Å². The Morgan fingerprint density at radius 1 is 1.04 bits per heavy atom. The van der Waals surface area contributed by atoms with E-state index in [1.54, 1.807) is 55.1 Å². The van der Waals surface area contributed by atoms with Crippen LogP contribution in [0.5, 0.6) is 0 Å². The molecule has 0 bridgehead atoms. The number of benzene rings is 2. The minimum absolute atomic E-state index is 0.246. The van der Waals surface area contributed by atoms with E-state index in [0.29, 0.717) is 11.5 Å². The van der Waals surface area contributed by atoms with Crippen molar-refractivity contribution in [3.05, 3.63) is 72.4 Å². The van der Waals surface area contributed by atoms with Crippen molar-refractivity contribution in [2.75, 3.05) is 5.43 Å². The molecule has 0 saturated heterocycles. The molecule has 0 saturated carbocycles. The van der Waals surface area contributed by atoms with Gasteiger partial charge in [-0.3, -0.25) is 5.43 Å². The Balaban J connectivity index is 1.98. The Labute approximate surface area is 159 Å². The first-order valence-electron chi connectivity index (χ1n) is 8.64. The largest absolute Gasteiger partial charge is 0.261 e. The van der Waals surface area contributed by atoms with Crippen molar-refractivity contribution >= 4 is 21.4 Å². The summed E-state index contributed by atoms with van der Waals surface area (Å²) in [5, 5.41) is 8.17. The van der Waals surface area contributed by atoms with Crippen LogP contribution in [0.4, 0.5) is 5.82 Å². The van der Waals surface area contributed by atoms with Crippen LogP contribution in [0.15, 0.2) is 76.9 Å². The van der Waals surface area contributed by atoms with E-state index in [4.69, 9.17) is 0 Å². The summed E-state index contributed by atoms with van der Waals surface area (Å²) in [5.74, 6) is 0.580. The summed E-state index contributed by atoms with van der Waals surface area (Å²) in [6, 6.07) is 18.4. The van der Waals surface area contributed by atoms with Crippen molar-refractivity contribution < 1.29 is 8.42 Å². The van der Waals surface area contributed by atoms with Crippen molar-refractivity contribution in [1.82, 2.24) is 9.78 Å². The Morgan fingerprint density at radius 3 is 2.41 bits per heavy atom. The SMILES string of the molecule is C/C(=N\Nc1ccnn1-c1ccccc1S(=O)(=O)C(C)C)c1ccccc1. The third-order valence-electron chi connectivity index (χ3n) is 4.19. The first kappa shape index (κ1) is 18.8. The molecule has 3 rings (SSSR count). The zero-order valence-corrected chi connectivity index (χ0v) is 16.3. The summed E-state index contributed by atoms with van der Waals surface area (Å²) in [6.45, 7) is 5.24. The highest BCUT2D eigenvalue weighted by atomic mass is 32.2. The quantitative estimate of drug-likeness (QED) is 0.518. The van der Waals surface area contributed by atoms with Crippen molar-refractivity contribution in [2.45, 2.75) is 30.9 Å². The highest BCUT2D eigenvalue weighted by Gasteiger charge is 2.24. The molecule has 0 fully saturated rings. The van der Waals surface area contributed by atoms with Gasteiger partial charge >= 0.3 is 0 Å². The maximum absolute atomic E-state index is 12.7. The average Bonchev–Trinajstić information content (AvgIpc) is 3.15. The molecule has 3 aromatic rings. The molecule has 6 nitrogen and oxygen atoms in total. The van der Waals surface area contributed by atoms with Gasteiger partial charge in [-0.15, -0.1) is 0 Å². The molecule has 0 aliphatic heterocycles. The zero-order chi connectivity index (χ0) is 19.4. The van der Waals surface area contributed by atoms with Crippen LogP contribution in [0.3, 0.4) is 0 Å². The van der Waals surface area contributed by atoms with Gasteiger partial charge in [0.05, 0.1) is 27.7 Å². The van der Waals surface area contributed by atoms with Gasteiger partial charge in [-0.1, -0.05) is 42.5 Å². The van der Waals surface area contributed by atoms with Gasteiger partial charge in [0.1, 0.15) is 5.82 Å². The van der Waals surface area contributed by atoms with E-state index in [-0.39, 0.29) is 4.90 Å². The number of sulfone groups is 1. The number of hydrogen-bond acceptors (Lipinski definition) is 5. The molecular weight excluding hydrogens is 360 g/mol. The lowest BCUT2D eigenvalue weighted by atomic mass is 10.1. The van der Waals surface area contributed by atoms with E-state index in [9.17, 15) is 8.42 Å². The Morgan fingerprint density at radius 2 is 1.70 bits per heavy atom. The number of para-hydroxylation sites is 1. The third kappa shape index (κ3) is 3.93. The second-order valence-electron chi connectivity index (χ2n) is 6.36. The first-order valence-corrected chi connectivity index (χ1v) is 10.2. The van der Waals surface area contributed by atoms with Gasteiger partial charge in [0.25, 0.3) is 0 Å². The number of nitrogens with zero attached hydrogens (tertiary/aromatic N) is 3. The Hall–Kier alpha value is -2.93. The van der Waals surface area contributed by atoms with Gasteiger partial charge in [-0.05, 0) is 38.5 Å². The molecule has 0 spiro atoms. The second kappa shape index (κ2) is 7.75. The predicted molar refractivity (Wildman–Crippen MR) is 108 cm³/mol. The first-order chi connectivity index (χ1) is 12.9. The lowest BCUT2D eigenvalue weighted by molar-refractivity contribution is 0.586. The van der Waals surface area contributed by atoms with Crippen LogP contribution >= 0.6 is 0 Å². The Kier molecular flexibility index (Phi) is 5.41. The summed E-state index contributed by atoms with van der Waals surface area (Å²) in [7, 11) is -3.45. The van der Waals surface area contributed by atoms with Crippen molar-refractivity contribution in [3.8, 4) is 5.69 Å². The molecule has 27 heavy (non-hydrogen) atoms. The standard InChI is InChI=1S/C20H22N4O2S/c1-15(2)27(25,26)19-12-8-7-11-18(19)24-20(13-14-21-24)23-22-16(3)17-9-5-4-6-10-17/h4-15,23H,1-3H3/b22-16+. The fraction of sp³-hybridized carbons (Fsp3) is 0.200. The van der Waals surface area contributed by atoms with Gasteiger partial charge in [0, 0.05) is 6.07 Å². The van der Waals surface area contributed by atoms with Crippen LogP contribution in [0.2, 0.25) is 0 Å². The average molecular weight is 382 g/mol. The molecule has 2 aromatic carbocycles. The van der Waals surface area contributed by atoms with E-state index in [0.717, 1.165) is 11.3 Å². The molecule has 1 heterocycles. The van der Waals surface area contributed by atoms with Gasteiger partial charge in [0.2, 0.25) is 0 Å². The van der Waals surface area contributed by atoms with Gasteiger partial charge in [-0.2, -0.15) is 10.2 Å². The van der Waals surface area contributed by atoms with E-state index in [1.807, 2.05) is 37.3 Å². The maximum atomic E-state index is 12.7. The van der Waals surface area contributed by atoms with E-state index >= 15 is 0 Å². The normalized spacial score (nSPS) is 12.4. The van der Waals surface area contributed by atoms with Crippen molar-refractivity contribution in [3.63, 3.8) is 0 Å². The number of rotatable bonds is 6. The second-order valence-corrected chi connectivity index (χ2v) is 8.84. The van der Waals surface area contributed by atoms with E-state index in [2.05, 4.69) is 15.6 Å². The summed E-state index contributed by atoms with van der Waals surface area (Å²) < 4.78 is 27.0. The fourth-order valence-corrected chi connectivity index (χ4v) is 3.81. The third-order valence-corrected chi connectivity index (χ3v) is 6.39. The van der Waals surface area contributed by atoms with Crippen molar-refractivity contribution in [1.29, 1.82) is 0 Å². The van der Waals surface area contributed by atoms with E-state index in [1.165, 1.54) is 0 Å². The van der Waals surface area contributed by atoms with Crippen LogP contribution in [-0.2, 0) is 9.84 Å². The molecule has 0 aliphatic rings. The molecule has 0 radical (unpaired) electrons. The number of anilines is 1. The molecule has 0 aliphatic carbocycles. The van der Waals surface area contributed by atoms with Crippen molar-refractivity contribution in [2.24, 2.45) is 5.10 Å². The number of nitrogens with one attached hydrogen (secondary N) is 1. The summed E-state index contributed by atoms with van der Waals surface area (Å²) in [5.41, 5.74) is 5.29. The molecular formula is C20H22N4O2S. The molecule has 140 valence electrons. The summed E-state index contributed by atoms with van der Waals surface area (Å²) in [6.07, 6.45) is 1.61. The maximum Gasteiger partial charge on any atom is 0.182 e. The van der Waals surface area contributed by atoms with Gasteiger partial charge in [0.15, 0.2) is 9.84 Å². The number of hydrazone groups is 1. The summed E-state index contributed by atoms with van der Waals surface area (Å²) in [4.78, 5) is 0.246. The number of hydrogen-bond donors (Lipinski definition) is 1. The number of aromatic nitrogens is 2. The fourth-order valence-electron chi connectivity index (χ4n) is 2.59. The van der Waals surface area contributed by atoms with Crippen LogP contribution in [0.25, 0.3) is 5.69 Å². The highest BCUT2D eigenvalue weighted by molar-refractivity contribution is 7.92. The molecule has 1 N–H and O–H groups in total.